The van der Waals surface area contributed by atoms with Gasteiger partial charge in [0.05, 0.1) is 24.3 Å². The van der Waals surface area contributed by atoms with Crippen molar-refractivity contribution in [3.8, 4) is 11.5 Å². The van der Waals surface area contributed by atoms with Crippen molar-refractivity contribution in [2.75, 3.05) is 32.8 Å². The number of H-pyrrole nitrogens is 1. The molecular weight excluding hydrogens is 705 g/mol. The van der Waals surface area contributed by atoms with Crippen LogP contribution in [0.25, 0.3) is 10.9 Å². The van der Waals surface area contributed by atoms with Crippen LogP contribution in [0.3, 0.4) is 0 Å². The van der Waals surface area contributed by atoms with E-state index in [1.54, 1.807) is 12.1 Å². The molecule has 1 aromatic heterocycles. The predicted octanol–water partition coefficient (Wildman–Crippen LogP) is 8.15. The Hall–Kier alpha value is -5.16. The molecule has 10 nitrogen and oxygen atoms in total. The number of amides is 1. The van der Waals surface area contributed by atoms with Gasteiger partial charge >= 0.3 is 6.09 Å². The van der Waals surface area contributed by atoms with Gasteiger partial charge < -0.3 is 35.3 Å². The third-order valence-electron chi connectivity index (χ3n) is 10.5. The molecular formula is C46H56N4O6. The van der Waals surface area contributed by atoms with Crippen LogP contribution in [-0.2, 0) is 11.3 Å². The number of phenols is 1. The van der Waals surface area contributed by atoms with E-state index in [1.807, 2.05) is 60.7 Å². The minimum Gasteiger partial charge on any atom is -0.506 e. The van der Waals surface area contributed by atoms with Crippen molar-refractivity contribution in [3.05, 3.63) is 142 Å². The molecule has 0 aliphatic carbocycles. The standard InChI is InChI=1S/C46H56N4O6/c51-41-23-21-39(40-22-24-43(53)48-45(40)41)42(52)32-47-27-12-4-2-1-3-5-13-30-55-38-20-14-19-36(31-38)44(35-17-10-7-11-18-35)49-46(54)56-37-25-28-50(29-26-37)33-34-15-8-6-9-16-34/h6-11,14-24,31,37,42,44,47,51-52H,1-5,12-13,25-30,32-33H2,(H,48,53)(H,49,54)/t42-,44?/m1/s1. The van der Waals surface area contributed by atoms with Crippen LogP contribution < -0.4 is 20.9 Å². The number of piperidine rings is 1. The second-order valence-electron chi connectivity index (χ2n) is 14.8. The van der Waals surface area contributed by atoms with Crippen molar-refractivity contribution in [3.63, 3.8) is 0 Å². The first-order valence-corrected chi connectivity index (χ1v) is 20.2. The number of carbonyl (C=O) groups excluding carboxylic acids is 1. The summed E-state index contributed by atoms with van der Waals surface area (Å²) in [6, 6.07) is 34.3. The Morgan fingerprint density at radius 2 is 1.50 bits per heavy atom. The maximum atomic E-state index is 13.2. The Morgan fingerprint density at radius 1 is 0.804 bits per heavy atom. The number of nitrogens with one attached hydrogen (secondary N) is 3. The Bertz CT molecular complexity index is 2000. The molecule has 0 saturated carbocycles. The predicted molar refractivity (Wildman–Crippen MR) is 221 cm³/mol. The molecule has 1 amide bonds. The second-order valence-corrected chi connectivity index (χ2v) is 14.8. The Kier molecular flexibility index (Phi) is 15.4. The van der Waals surface area contributed by atoms with Crippen LogP contribution in [0.4, 0.5) is 4.79 Å². The fraction of sp³-hybridized carbons (Fsp3) is 0.391. The number of nitrogens with zero attached hydrogens (tertiary/aromatic N) is 1. The van der Waals surface area contributed by atoms with Gasteiger partial charge in [0.2, 0.25) is 5.56 Å². The van der Waals surface area contributed by atoms with Crippen LogP contribution in [0, 0.1) is 0 Å². The van der Waals surface area contributed by atoms with E-state index in [-0.39, 0.29) is 23.5 Å². The number of pyridine rings is 1. The Morgan fingerprint density at radius 3 is 2.27 bits per heavy atom. The number of fused-ring (bicyclic) bond motifs is 1. The molecule has 1 fully saturated rings. The average molecular weight is 761 g/mol. The Balaban J connectivity index is 0.857. The maximum Gasteiger partial charge on any atom is 0.408 e. The maximum absolute atomic E-state index is 13.2. The van der Waals surface area contributed by atoms with E-state index in [4.69, 9.17) is 9.47 Å². The highest BCUT2D eigenvalue weighted by molar-refractivity contribution is 5.87. The molecule has 56 heavy (non-hydrogen) atoms. The number of ether oxygens (including phenoxy) is 2. The number of alkyl carbamates (subject to hydrolysis) is 1. The van der Waals surface area contributed by atoms with Crippen molar-refractivity contribution in [2.45, 2.75) is 82.6 Å². The molecule has 1 aliphatic rings. The van der Waals surface area contributed by atoms with Gasteiger partial charge in [-0.3, -0.25) is 9.69 Å². The van der Waals surface area contributed by atoms with Crippen LogP contribution in [0.15, 0.2) is 114 Å². The number of aliphatic hydroxyl groups excluding tert-OH is 1. The highest BCUT2D eigenvalue weighted by atomic mass is 16.6. The van der Waals surface area contributed by atoms with E-state index < -0.39 is 12.2 Å². The van der Waals surface area contributed by atoms with Gasteiger partial charge in [-0.15, -0.1) is 0 Å². The van der Waals surface area contributed by atoms with E-state index in [1.165, 1.54) is 24.1 Å². The molecule has 1 saturated heterocycles. The molecule has 0 spiro atoms. The summed E-state index contributed by atoms with van der Waals surface area (Å²) < 4.78 is 12.1. The lowest BCUT2D eigenvalue weighted by molar-refractivity contribution is 0.0476. The van der Waals surface area contributed by atoms with Crippen molar-refractivity contribution >= 4 is 17.0 Å². The van der Waals surface area contributed by atoms with Gasteiger partial charge in [0.25, 0.3) is 0 Å². The number of hydrogen-bond acceptors (Lipinski definition) is 8. The number of benzene rings is 4. The monoisotopic (exact) mass is 760 g/mol. The van der Waals surface area contributed by atoms with E-state index in [0.717, 1.165) is 94.4 Å². The van der Waals surface area contributed by atoms with Crippen molar-refractivity contribution in [1.29, 1.82) is 0 Å². The summed E-state index contributed by atoms with van der Waals surface area (Å²) in [5.74, 6) is 0.777. The highest BCUT2D eigenvalue weighted by Crippen LogP contribution is 2.29. The van der Waals surface area contributed by atoms with Gasteiger partial charge in [0.1, 0.15) is 17.6 Å². The number of unbranched alkanes of at least 4 members (excludes halogenated alkanes) is 6. The molecule has 296 valence electrons. The first-order chi connectivity index (χ1) is 27.4. The summed E-state index contributed by atoms with van der Waals surface area (Å²) in [7, 11) is 0. The molecule has 5 N–H and O–H groups in total. The number of aromatic hydroxyl groups is 1. The van der Waals surface area contributed by atoms with Gasteiger partial charge in [0.15, 0.2) is 0 Å². The molecule has 5 aromatic rings. The van der Waals surface area contributed by atoms with Gasteiger partial charge in [-0.25, -0.2) is 4.79 Å². The van der Waals surface area contributed by atoms with Gasteiger partial charge in [-0.2, -0.15) is 0 Å². The summed E-state index contributed by atoms with van der Waals surface area (Å²) in [6.45, 7) is 4.55. The number of aliphatic hydroxyl groups is 1. The topological polar surface area (TPSA) is 136 Å². The fourth-order valence-corrected chi connectivity index (χ4v) is 7.44. The first-order valence-electron chi connectivity index (χ1n) is 20.2. The largest absolute Gasteiger partial charge is 0.506 e. The van der Waals surface area contributed by atoms with Crippen LogP contribution in [0.5, 0.6) is 11.5 Å². The number of likely N-dealkylation sites (tertiary alicyclic amines) is 1. The summed E-state index contributed by atoms with van der Waals surface area (Å²) in [6.07, 6.45) is 8.08. The molecule has 0 bridgehead atoms. The lowest BCUT2D eigenvalue weighted by atomic mass is 9.98. The average Bonchev–Trinajstić information content (AvgIpc) is 3.22. The summed E-state index contributed by atoms with van der Waals surface area (Å²) >= 11 is 0. The fourth-order valence-electron chi connectivity index (χ4n) is 7.44. The quantitative estimate of drug-likeness (QED) is 0.0502. The zero-order valence-corrected chi connectivity index (χ0v) is 32.2. The molecule has 1 unspecified atom stereocenters. The molecule has 2 atom stereocenters. The molecule has 2 heterocycles. The zero-order chi connectivity index (χ0) is 39.0. The van der Waals surface area contributed by atoms with Crippen molar-refractivity contribution < 1.29 is 24.5 Å². The van der Waals surface area contributed by atoms with Crippen molar-refractivity contribution in [1.82, 2.24) is 20.5 Å². The van der Waals surface area contributed by atoms with E-state index in [9.17, 15) is 19.8 Å². The highest BCUT2D eigenvalue weighted by Gasteiger charge is 2.25. The minimum atomic E-state index is -0.746. The summed E-state index contributed by atoms with van der Waals surface area (Å²) in [4.78, 5) is 30.0. The minimum absolute atomic E-state index is 0.0110. The van der Waals surface area contributed by atoms with Crippen LogP contribution in [0.1, 0.15) is 92.2 Å². The third-order valence-corrected chi connectivity index (χ3v) is 10.5. The molecule has 4 aromatic carbocycles. The first kappa shape index (κ1) is 40.5. The van der Waals surface area contributed by atoms with E-state index in [0.29, 0.717) is 29.6 Å². The molecule has 10 heteroatoms. The van der Waals surface area contributed by atoms with Crippen LogP contribution in [-0.4, -0.2) is 65.1 Å². The zero-order valence-electron chi connectivity index (χ0n) is 32.2. The molecule has 6 rings (SSSR count). The number of rotatable bonds is 20. The lowest BCUT2D eigenvalue weighted by Gasteiger charge is -2.32. The normalized spacial score (nSPS) is 14.7. The molecule has 0 radical (unpaired) electrons. The smallest absolute Gasteiger partial charge is 0.408 e. The SMILES string of the molecule is O=C(NC(c1ccccc1)c1cccc(OCCCCCCCCCNC[C@@H](O)c2ccc(O)c3[nH]c(=O)ccc23)c1)OC1CCN(Cc2ccccc2)CC1. The summed E-state index contributed by atoms with van der Waals surface area (Å²) in [5.41, 5.74) is 3.95. The van der Waals surface area contributed by atoms with Crippen LogP contribution >= 0.6 is 0 Å². The molecule has 1 aliphatic heterocycles. The van der Waals surface area contributed by atoms with Gasteiger partial charge in [-0.05, 0) is 78.7 Å². The van der Waals surface area contributed by atoms with E-state index >= 15 is 0 Å². The number of phenolic OH excluding ortho intramolecular Hbond substituents is 1. The van der Waals surface area contributed by atoms with Crippen LogP contribution in [0.2, 0.25) is 0 Å². The van der Waals surface area contributed by atoms with E-state index in [2.05, 4.69) is 44.8 Å². The lowest BCUT2D eigenvalue weighted by Crippen LogP contribution is -2.40. The number of aromatic nitrogens is 1. The van der Waals surface area contributed by atoms with Crippen molar-refractivity contribution in [2.24, 2.45) is 0 Å². The number of hydrogen-bond donors (Lipinski definition) is 5. The third kappa shape index (κ3) is 12.2. The number of aromatic amines is 1. The van der Waals surface area contributed by atoms with Gasteiger partial charge in [0, 0.05) is 37.6 Å². The Labute approximate surface area is 329 Å². The summed E-state index contributed by atoms with van der Waals surface area (Å²) in [5, 5.41) is 27.9. The van der Waals surface area contributed by atoms with Gasteiger partial charge in [-0.1, -0.05) is 111 Å². The number of carbonyl (C=O) groups is 1. The second kappa shape index (κ2) is 21.2.